The standard InChI is InChI=1S/C21H34N2O3/c24-18-11-6-12-23(18)13-16-19(21(25)26)15-9-4-5-10-17(15)22-20(16)14-7-2-1-3-8-14/h14-17,19-20,22H,1-13H2,(H,25,26). The first-order valence-corrected chi connectivity index (χ1v) is 10.9. The lowest BCUT2D eigenvalue weighted by Gasteiger charge is -2.52. The van der Waals surface area contributed by atoms with E-state index < -0.39 is 5.97 Å². The molecule has 2 heterocycles. The molecular formula is C21H34N2O3. The number of carboxylic acids is 1. The second kappa shape index (κ2) is 7.87. The summed E-state index contributed by atoms with van der Waals surface area (Å²) in [6.45, 7) is 1.46. The maximum Gasteiger partial charge on any atom is 0.307 e. The molecule has 2 aliphatic carbocycles. The first kappa shape index (κ1) is 18.3. The molecule has 26 heavy (non-hydrogen) atoms. The quantitative estimate of drug-likeness (QED) is 0.806. The number of nitrogens with zero attached hydrogens (tertiary/aromatic N) is 1. The van der Waals surface area contributed by atoms with Crippen molar-refractivity contribution in [3.63, 3.8) is 0 Å². The molecule has 4 aliphatic rings. The van der Waals surface area contributed by atoms with Crippen LogP contribution in [0.5, 0.6) is 0 Å². The highest BCUT2D eigenvalue weighted by molar-refractivity contribution is 5.78. The molecule has 0 spiro atoms. The van der Waals surface area contributed by atoms with Crippen LogP contribution in [0.1, 0.15) is 70.6 Å². The molecule has 5 unspecified atom stereocenters. The lowest BCUT2D eigenvalue weighted by molar-refractivity contribution is -0.153. The predicted octanol–water partition coefficient (Wildman–Crippen LogP) is 3.04. The number of nitrogens with one attached hydrogen (secondary N) is 1. The number of aliphatic carboxylic acids is 1. The topological polar surface area (TPSA) is 69.6 Å². The van der Waals surface area contributed by atoms with E-state index in [9.17, 15) is 14.7 Å². The van der Waals surface area contributed by atoms with Crippen LogP contribution in [0.4, 0.5) is 0 Å². The maximum absolute atomic E-state index is 12.4. The average molecular weight is 363 g/mol. The van der Waals surface area contributed by atoms with Gasteiger partial charge in [0.15, 0.2) is 0 Å². The fraction of sp³-hybridized carbons (Fsp3) is 0.905. The zero-order valence-corrected chi connectivity index (χ0v) is 15.9. The van der Waals surface area contributed by atoms with E-state index in [2.05, 4.69) is 5.32 Å². The van der Waals surface area contributed by atoms with Gasteiger partial charge in [0.25, 0.3) is 0 Å². The van der Waals surface area contributed by atoms with Gasteiger partial charge >= 0.3 is 5.97 Å². The molecule has 2 N–H and O–H groups in total. The zero-order valence-electron chi connectivity index (χ0n) is 15.9. The lowest BCUT2D eigenvalue weighted by Crippen LogP contribution is -2.63. The number of hydrogen-bond donors (Lipinski definition) is 2. The number of likely N-dealkylation sites (tertiary alicyclic amines) is 1. The molecule has 2 saturated heterocycles. The number of rotatable bonds is 4. The number of hydrogen-bond acceptors (Lipinski definition) is 3. The van der Waals surface area contributed by atoms with E-state index in [-0.39, 0.29) is 29.7 Å². The van der Waals surface area contributed by atoms with E-state index in [1.807, 2.05) is 4.90 Å². The van der Waals surface area contributed by atoms with E-state index in [1.54, 1.807) is 0 Å². The van der Waals surface area contributed by atoms with Crippen LogP contribution in [0.3, 0.4) is 0 Å². The van der Waals surface area contributed by atoms with E-state index in [0.717, 1.165) is 32.2 Å². The molecule has 2 saturated carbocycles. The van der Waals surface area contributed by atoms with Crippen LogP contribution >= 0.6 is 0 Å². The molecule has 4 rings (SSSR count). The van der Waals surface area contributed by atoms with Gasteiger partial charge in [-0.25, -0.2) is 0 Å². The van der Waals surface area contributed by atoms with E-state index in [0.29, 0.717) is 24.9 Å². The molecule has 4 fully saturated rings. The molecule has 5 nitrogen and oxygen atoms in total. The third-order valence-electron chi connectivity index (χ3n) is 7.66. The Balaban J connectivity index is 1.61. The summed E-state index contributed by atoms with van der Waals surface area (Å²) in [7, 11) is 0. The summed E-state index contributed by atoms with van der Waals surface area (Å²) in [5, 5.41) is 14.1. The highest BCUT2D eigenvalue weighted by Gasteiger charge is 2.51. The Bertz CT molecular complexity index is 531. The third kappa shape index (κ3) is 3.51. The van der Waals surface area contributed by atoms with Crippen molar-refractivity contribution in [3.8, 4) is 0 Å². The van der Waals surface area contributed by atoms with Crippen molar-refractivity contribution in [2.45, 2.75) is 82.7 Å². The Hall–Kier alpha value is -1.10. The normalized spacial score (nSPS) is 39.0. The predicted molar refractivity (Wildman–Crippen MR) is 99.7 cm³/mol. The Morgan fingerprint density at radius 2 is 1.77 bits per heavy atom. The van der Waals surface area contributed by atoms with Crippen LogP contribution in [0.2, 0.25) is 0 Å². The Kier molecular flexibility index (Phi) is 5.53. The maximum atomic E-state index is 12.4. The molecule has 0 bridgehead atoms. The fourth-order valence-corrected chi connectivity index (χ4v) is 6.43. The highest BCUT2D eigenvalue weighted by atomic mass is 16.4. The first-order chi connectivity index (χ1) is 12.6. The number of fused-ring (bicyclic) bond motifs is 1. The Morgan fingerprint density at radius 3 is 2.46 bits per heavy atom. The molecule has 1 amide bonds. The van der Waals surface area contributed by atoms with E-state index in [4.69, 9.17) is 0 Å². The molecule has 2 aliphatic heterocycles. The van der Waals surface area contributed by atoms with Crippen LogP contribution < -0.4 is 5.32 Å². The minimum Gasteiger partial charge on any atom is -0.481 e. The molecule has 0 radical (unpaired) electrons. The van der Waals surface area contributed by atoms with Crippen LogP contribution in [-0.4, -0.2) is 47.1 Å². The largest absolute Gasteiger partial charge is 0.481 e. The summed E-state index contributed by atoms with van der Waals surface area (Å²) >= 11 is 0. The smallest absolute Gasteiger partial charge is 0.307 e. The highest BCUT2D eigenvalue weighted by Crippen LogP contribution is 2.44. The van der Waals surface area contributed by atoms with Gasteiger partial charge in [-0.15, -0.1) is 0 Å². The number of carboxylic acid groups (broad SMARTS) is 1. The third-order valence-corrected chi connectivity index (χ3v) is 7.66. The summed E-state index contributed by atoms with van der Waals surface area (Å²) in [4.78, 5) is 26.6. The number of carbonyl (C=O) groups is 2. The van der Waals surface area contributed by atoms with E-state index in [1.165, 1.54) is 38.5 Å². The van der Waals surface area contributed by atoms with Gasteiger partial charge in [0, 0.05) is 37.5 Å². The van der Waals surface area contributed by atoms with Crippen molar-refractivity contribution in [2.24, 2.45) is 23.7 Å². The SMILES string of the molecule is O=C(O)C1C2CCCCC2NC(C2CCCCC2)C1CN1CCCC1=O. The van der Waals surface area contributed by atoms with Crippen molar-refractivity contribution in [3.05, 3.63) is 0 Å². The van der Waals surface area contributed by atoms with Crippen molar-refractivity contribution < 1.29 is 14.7 Å². The van der Waals surface area contributed by atoms with Gasteiger partial charge in [0.2, 0.25) is 5.91 Å². The van der Waals surface area contributed by atoms with E-state index >= 15 is 0 Å². The number of carbonyl (C=O) groups excluding carboxylic acids is 1. The summed E-state index contributed by atoms with van der Waals surface area (Å²) in [5.41, 5.74) is 0. The number of amides is 1. The average Bonchev–Trinajstić information content (AvgIpc) is 3.06. The molecule has 5 atom stereocenters. The van der Waals surface area contributed by atoms with Gasteiger partial charge in [-0.2, -0.15) is 0 Å². The van der Waals surface area contributed by atoms with Crippen molar-refractivity contribution in [1.82, 2.24) is 10.2 Å². The zero-order chi connectivity index (χ0) is 18.1. The minimum absolute atomic E-state index is 0.0667. The van der Waals surface area contributed by atoms with Gasteiger partial charge in [0.1, 0.15) is 0 Å². The van der Waals surface area contributed by atoms with Crippen LogP contribution in [0.15, 0.2) is 0 Å². The molecule has 146 valence electrons. The van der Waals surface area contributed by atoms with Crippen molar-refractivity contribution >= 4 is 11.9 Å². The fourth-order valence-electron chi connectivity index (χ4n) is 6.43. The van der Waals surface area contributed by atoms with Gasteiger partial charge < -0.3 is 15.3 Å². The molecule has 5 heteroatoms. The molecule has 0 aromatic carbocycles. The van der Waals surface area contributed by atoms with Crippen LogP contribution in [0.25, 0.3) is 0 Å². The van der Waals surface area contributed by atoms with Gasteiger partial charge in [-0.3, -0.25) is 9.59 Å². The second-order valence-corrected chi connectivity index (χ2v) is 9.12. The van der Waals surface area contributed by atoms with Gasteiger partial charge in [0.05, 0.1) is 5.92 Å². The summed E-state index contributed by atoms with van der Waals surface area (Å²) < 4.78 is 0. The monoisotopic (exact) mass is 362 g/mol. The molecule has 0 aromatic heterocycles. The summed E-state index contributed by atoms with van der Waals surface area (Å²) in [6.07, 6.45) is 12.3. The number of piperidine rings is 1. The Morgan fingerprint density at radius 1 is 1.04 bits per heavy atom. The molecular weight excluding hydrogens is 328 g/mol. The van der Waals surface area contributed by atoms with Gasteiger partial charge in [-0.05, 0) is 43.9 Å². The molecule has 0 aromatic rings. The van der Waals surface area contributed by atoms with Crippen molar-refractivity contribution in [1.29, 1.82) is 0 Å². The summed E-state index contributed by atoms with van der Waals surface area (Å²) in [6, 6.07) is 0.631. The first-order valence-electron chi connectivity index (χ1n) is 10.9. The van der Waals surface area contributed by atoms with Gasteiger partial charge in [-0.1, -0.05) is 32.1 Å². The minimum atomic E-state index is -0.624. The second-order valence-electron chi connectivity index (χ2n) is 9.12. The summed E-state index contributed by atoms with van der Waals surface area (Å²) in [5.74, 6) is 0.196. The lowest BCUT2D eigenvalue weighted by atomic mass is 9.62. The Labute approximate surface area is 156 Å². The van der Waals surface area contributed by atoms with Crippen molar-refractivity contribution in [2.75, 3.05) is 13.1 Å². The van der Waals surface area contributed by atoms with Crippen LogP contribution in [-0.2, 0) is 9.59 Å². The van der Waals surface area contributed by atoms with Crippen LogP contribution in [0, 0.1) is 23.7 Å².